The molecule has 0 atom stereocenters. The minimum absolute atomic E-state index is 0.267. The number of unbranched alkanes of at least 4 members (excludes halogenated alkanes) is 8. The number of thioether (sulfide) groups is 1. The van der Waals surface area contributed by atoms with E-state index in [-0.39, 0.29) is 31.0 Å². The molecule has 0 spiro atoms. The van der Waals surface area contributed by atoms with Gasteiger partial charge in [0.2, 0.25) is 0 Å². The summed E-state index contributed by atoms with van der Waals surface area (Å²) in [7, 11) is -0.725. The van der Waals surface area contributed by atoms with Crippen molar-refractivity contribution in [2.75, 3.05) is 0 Å². The smallest absolute Gasteiger partial charge is 0.269 e. The van der Waals surface area contributed by atoms with Crippen LogP contribution in [-0.2, 0) is 20.5 Å². The van der Waals surface area contributed by atoms with E-state index in [9.17, 15) is 9.59 Å². The Morgan fingerprint density at radius 1 is 0.621 bits per heavy atom. The van der Waals surface area contributed by atoms with Gasteiger partial charge in [0.15, 0.2) is 0 Å². The summed E-state index contributed by atoms with van der Waals surface area (Å²) in [4.78, 5) is 24.7. The Morgan fingerprint density at radius 2 is 0.897 bits per heavy atom. The summed E-state index contributed by atoms with van der Waals surface area (Å²) in [6.07, 6.45) is 13.0. The fourth-order valence-electron chi connectivity index (χ4n) is 2.28. The number of amides is 2. The maximum Gasteiger partial charge on any atom is 0.269 e. The zero-order valence-corrected chi connectivity index (χ0v) is 21.3. The summed E-state index contributed by atoms with van der Waals surface area (Å²) in [6, 6.07) is 0. The molecule has 29 heavy (non-hydrogen) atoms. The highest BCUT2D eigenvalue weighted by Gasteiger charge is 2.03. The lowest BCUT2D eigenvalue weighted by atomic mass is 10.3. The zero-order chi connectivity index (χ0) is 21.7. The highest BCUT2D eigenvalue weighted by Crippen LogP contribution is 2.04. The third kappa shape index (κ3) is 18.0. The minimum atomic E-state index is -0.363. The molecule has 0 aromatic rings. The van der Waals surface area contributed by atoms with Gasteiger partial charge in [0, 0.05) is 11.8 Å². The quantitative estimate of drug-likeness (QED) is 0.184. The van der Waals surface area contributed by atoms with Crippen LogP contribution in [0.4, 0.5) is 9.59 Å². The van der Waals surface area contributed by atoms with Gasteiger partial charge >= 0.3 is 0 Å². The third-order valence-corrected chi connectivity index (χ3v) is 8.06. The normalized spacial score (nSPS) is 13.7. The average molecular weight is 463 g/mol. The lowest BCUT2D eigenvalue weighted by Crippen LogP contribution is -2.25. The van der Waals surface area contributed by atoms with Crippen LogP contribution >= 0.6 is 11.8 Å². The molecule has 0 aliphatic carbocycles. The van der Waals surface area contributed by atoms with Crippen molar-refractivity contribution in [1.82, 2.24) is 9.44 Å². The van der Waals surface area contributed by atoms with E-state index in [0.717, 1.165) is 88.8 Å². The van der Waals surface area contributed by atoms with Crippen molar-refractivity contribution >= 4 is 64.2 Å². The largest absolute Gasteiger partial charge is 0.440 e. The summed E-state index contributed by atoms with van der Waals surface area (Å²) in [5, 5.41) is 8.18. The van der Waals surface area contributed by atoms with Crippen LogP contribution in [0.2, 0.25) is 0 Å². The molecule has 0 rings (SSSR count). The van der Waals surface area contributed by atoms with Gasteiger partial charge in [0.05, 0.1) is 0 Å². The summed E-state index contributed by atoms with van der Waals surface area (Å²) in [5.41, 5.74) is 0. The molecule has 7 heteroatoms. The van der Waals surface area contributed by atoms with Crippen molar-refractivity contribution < 1.29 is 9.59 Å². The minimum Gasteiger partial charge on any atom is -0.440 e. The SMILES string of the molecule is CCCC/C=[S-](=C/CCCC)\NC(=O)SC(=O)N/[S-](=C\CCCC)=C/CCCC. The molecular weight excluding hydrogens is 420 g/mol. The molecule has 0 aliphatic heterocycles. The second kappa shape index (κ2) is 20.7. The fraction of sp³-hybridized carbons (Fsp3) is 0.727. The van der Waals surface area contributed by atoms with Crippen molar-refractivity contribution in [2.45, 2.75) is 105 Å². The van der Waals surface area contributed by atoms with Gasteiger partial charge in [-0.1, -0.05) is 105 Å². The van der Waals surface area contributed by atoms with Gasteiger partial charge in [-0.15, -0.1) is 0 Å². The van der Waals surface area contributed by atoms with Gasteiger partial charge in [-0.2, -0.15) is 21.5 Å². The highest BCUT2D eigenvalue weighted by molar-refractivity contribution is 8.27. The van der Waals surface area contributed by atoms with Gasteiger partial charge in [-0.05, 0) is 0 Å². The molecule has 0 saturated heterocycles. The molecule has 0 heterocycles. The third-order valence-electron chi connectivity index (χ3n) is 4.01. The monoisotopic (exact) mass is 462 g/mol. The zero-order valence-electron chi connectivity index (χ0n) is 18.8. The van der Waals surface area contributed by atoms with Crippen molar-refractivity contribution in [2.24, 2.45) is 0 Å². The molecule has 0 aromatic heterocycles. The molecule has 2 N–H and O–H groups in total. The van der Waals surface area contributed by atoms with E-state index in [2.05, 4.69) is 58.6 Å². The number of nitrogens with one attached hydrogen (secondary N) is 2. The topological polar surface area (TPSA) is 58.2 Å². The predicted molar refractivity (Wildman–Crippen MR) is 142 cm³/mol. The van der Waals surface area contributed by atoms with E-state index in [1.807, 2.05) is 0 Å². The van der Waals surface area contributed by atoms with Crippen LogP contribution in [0.15, 0.2) is 0 Å². The molecule has 0 bridgehead atoms. The first kappa shape index (κ1) is 28.5. The standard InChI is InChI=1S/C22H42N2O2S3/c1-5-9-13-17-28(18-14-10-6-2)23-21(25)27-22(26)24-29(19-15-11-7-3)20-16-12-8-4/h17-20H,5-16H2,1-4H3,(H,23,25)(H,24,26)/q-2. The summed E-state index contributed by atoms with van der Waals surface area (Å²) in [5.74, 6) is 0. The Labute approximate surface area is 187 Å². The molecule has 0 radical (unpaired) electrons. The number of hydrogen-bond donors (Lipinski definition) is 2. The maximum atomic E-state index is 12.4. The van der Waals surface area contributed by atoms with E-state index in [0.29, 0.717) is 0 Å². The molecule has 2 amide bonds. The van der Waals surface area contributed by atoms with Crippen molar-refractivity contribution in [3.8, 4) is 0 Å². The van der Waals surface area contributed by atoms with Crippen LogP contribution in [0, 0.1) is 0 Å². The maximum absolute atomic E-state index is 12.4. The van der Waals surface area contributed by atoms with Gasteiger partial charge in [-0.3, -0.25) is 9.59 Å². The number of carbonyl (C=O) groups excluding carboxylic acids is 2. The highest BCUT2D eigenvalue weighted by atomic mass is 32.2. The van der Waals surface area contributed by atoms with E-state index in [4.69, 9.17) is 0 Å². The van der Waals surface area contributed by atoms with Gasteiger partial charge < -0.3 is 30.0 Å². The van der Waals surface area contributed by atoms with E-state index >= 15 is 0 Å². The van der Waals surface area contributed by atoms with Crippen LogP contribution in [0.5, 0.6) is 0 Å². The Kier molecular flexibility index (Phi) is 20.4. The molecular formula is C22H42N2O2S3-2. The Bertz CT molecular complexity index is 544. The summed E-state index contributed by atoms with van der Waals surface area (Å²) >= 11 is 0.747. The number of rotatable bonds is 14. The first-order valence-corrected chi connectivity index (χ1v) is 14.6. The molecule has 4 nitrogen and oxygen atoms in total. The Morgan fingerprint density at radius 3 is 1.14 bits per heavy atom. The van der Waals surface area contributed by atoms with Crippen LogP contribution in [0.1, 0.15) is 105 Å². The summed E-state index contributed by atoms with van der Waals surface area (Å²) in [6.45, 7) is 8.66. The van der Waals surface area contributed by atoms with Crippen LogP contribution in [0.25, 0.3) is 0 Å². The molecule has 172 valence electrons. The summed E-state index contributed by atoms with van der Waals surface area (Å²) < 4.78 is 6.01. The first-order valence-electron chi connectivity index (χ1n) is 11.1. The van der Waals surface area contributed by atoms with E-state index in [1.165, 1.54) is 0 Å². The van der Waals surface area contributed by atoms with Crippen molar-refractivity contribution in [3.05, 3.63) is 0 Å². The molecule has 0 saturated carbocycles. The van der Waals surface area contributed by atoms with Crippen molar-refractivity contribution in [3.63, 3.8) is 0 Å². The molecule has 0 aliphatic rings. The van der Waals surface area contributed by atoms with Crippen LogP contribution < -0.4 is 9.44 Å². The molecule has 0 fully saturated rings. The van der Waals surface area contributed by atoms with Gasteiger partial charge in [-0.25, -0.2) is 0 Å². The van der Waals surface area contributed by atoms with E-state index < -0.39 is 0 Å². The van der Waals surface area contributed by atoms with Crippen LogP contribution in [0.3, 0.4) is 0 Å². The lowest BCUT2D eigenvalue weighted by Gasteiger charge is -2.18. The second-order valence-electron chi connectivity index (χ2n) is 6.86. The number of carbonyl (C=O) groups is 2. The lowest BCUT2D eigenvalue weighted by molar-refractivity contribution is 0.262. The van der Waals surface area contributed by atoms with Gasteiger partial charge in [0.1, 0.15) is 0 Å². The van der Waals surface area contributed by atoms with Crippen LogP contribution in [-0.4, -0.2) is 31.9 Å². The molecule has 0 unspecified atom stereocenters. The first-order chi connectivity index (χ1) is 14.1. The van der Waals surface area contributed by atoms with E-state index in [1.54, 1.807) is 0 Å². The average Bonchev–Trinajstić information content (AvgIpc) is 2.68. The van der Waals surface area contributed by atoms with Gasteiger partial charge in [0.25, 0.3) is 10.5 Å². The second-order valence-corrected chi connectivity index (χ2v) is 11.0. The Hall–Kier alpha value is -0.530. The number of hydrogen-bond acceptors (Lipinski definition) is 5. The fourth-order valence-corrected chi connectivity index (χ4v) is 6.03. The van der Waals surface area contributed by atoms with Crippen molar-refractivity contribution in [1.29, 1.82) is 0 Å². The Balaban J connectivity index is 4.88. The predicted octanol–water partition coefficient (Wildman–Crippen LogP) is 6.18. The molecule has 0 aromatic carbocycles.